The molecule has 0 heterocycles. The van der Waals surface area contributed by atoms with Crippen molar-refractivity contribution in [2.75, 3.05) is 0 Å². The molecular weight excluding hydrogens is 652 g/mol. The SMILES string of the molecule is CC(C)[C@H](NS(=O)(=O)Cc1ccccc1)C(=O)NC(Cc1ccc(OCc2ccccc2)cc1)C(=O)C(F)(F)C(=O)NCc1ccccc1. The van der Waals surface area contributed by atoms with E-state index in [0.29, 0.717) is 29.0 Å². The number of amides is 2. The summed E-state index contributed by atoms with van der Waals surface area (Å²) in [6.45, 7) is 3.19. The predicted octanol–water partition coefficient (Wildman–Crippen LogP) is 4.96. The van der Waals surface area contributed by atoms with Gasteiger partial charge in [-0.05, 0) is 40.3 Å². The molecule has 4 aromatic rings. The monoisotopic (exact) mass is 691 g/mol. The molecule has 2 atom stereocenters. The molecular formula is C37H39F2N3O6S. The van der Waals surface area contributed by atoms with Crippen molar-refractivity contribution in [2.24, 2.45) is 5.92 Å². The first kappa shape index (κ1) is 36.9. The Morgan fingerprint density at radius 1 is 0.735 bits per heavy atom. The normalized spacial score (nSPS) is 12.9. The summed E-state index contributed by atoms with van der Waals surface area (Å²) in [6, 6.07) is 29.1. The van der Waals surface area contributed by atoms with Crippen molar-refractivity contribution in [1.82, 2.24) is 15.4 Å². The van der Waals surface area contributed by atoms with Crippen molar-refractivity contribution < 1.29 is 36.3 Å². The van der Waals surface area contributed by atoms with Crippen LogP contribution in [0.1, 0.15) is 36.1 Å². The molecule has 12 heteroatoms. The number of ether oxygens (including phenoxy) is 1. The van der Waals surface area contributed by atoms with Crippen molar-refractivity contribution in [3.63, 3.8) is 0 Å². The summed E-state index contributed by atoms with van der Waals surface area (Å²) in [5.74, 6) is -9.75. The fourth-order valence-corrected chi connectivity index (χ4v) is 6.39. The number of carbonyl (C=O) groups is 3. The second-order valence-corrected chi connectivity index (χ2v) is 13.6. The number of nitrogens with one attached hydrogen (secondary N) is 3. The molecule has 1 unspecified atom stereocenters. The molecule has 0 aliphatic rings. The molecule has 49 heavy (non-hydrogen) atoms. The maximum Gasteiger partial charge on any atom is 0.383 e. The number of benzene rings is 4. The third-order valence-corrected chi connectivity index (χ3v) is 8.92. The lowest BCUT2D eigenvalue weighted by molar-refractivity contribution is -0.160. The summed E-state index contributed by atoms with van der Waals surface area (Å²) in [4.78, 5) is 39.6. The lowest BCUT2D eigenvalue weighted by Crippen LogP contribution is -2.59. The molecule has 0 fully saturated rings. The van der Waals surface area contributed by atoms with Gasteiger partial charge in [-0.15, -0.1) is 0 Å². The van der Waals surface area contributed by atoms with Crippen LogP contribution in [0.4, 0.5) is 8.78 Å². The van der Waals surface area contributed by atoms with Gasteiger partial charge in [0.2, 0.25) is 21.7 Å². The van der Waals surface area contributed by atoms with E-state index in [0.717, 1.165) is 5.56 Å². The number of ketones is 1. The smallest absolute Gasteiger partial charge is 0.383 e. The van der Waals surface area contributed by atoms with E-state index in [2.05, 4.69) is 15.4 Å². The summed E-state index contributed by atoms with van der Waals surface area (Å²) in [7, 11) is -4.07. The van der Waals surface area contributed by atoms with Crippen molar-refractivity contribution in [3.05, 3.63) is 138 Å². The van der Waals surface area contributed by atoms with E-state index >= 15 is 8.78 Å². The maximum absolute atomic E-state index is 15.5. The minimum absolute atomic E-state index is 0.247. The van der Waals surface area contributed by atoms with Crippen LogP contribution in [0.25, 0.3) is 0 Å². The second-order valence-electron chi connectivity index (χ2n) is 11.9. The molecule has 0 saturated carbocycles. The molecule has 0 aliphatic heterocycles. The molecule has 2 amide bonds. The summed E-state index contributed by atoms with van der Waals surface area (Å²) in [5.41, 5.74) is 2.34. The minimum atomic E-state index is -4.52. The number of hydrogen-bond donors (Lipinski definition) is 3. The second kappa shape index (κ2) is 16.9. The van der Waals surface area contributed by atoms with E-state index in [9.17, 15) is 22.8 Å². The van der Waals surface area contributed by atoms with Crippen LogP contribution in [0.5, 0.6) is 5.75 Å². The molecule has 4 rings (SSSR count). The molecule has 0 spiro atoms. The molecule has 9 nitrogen and oxygen atoms in total. The number of Topliss-reactive ketones (excluding diaryl/α,β-unsaturated/α-hetero) is 1. The van der Waals surface area contributed by atoms with Crippen LogP contribution in [-0.2, 0) is 49.7 Å². The molecule has 4 aromatic carbocycles. The fraction of sp³-hybridized carbons (Fsp3) is 0.270. The number of rotatable bonds is 17. The highest BCUT2D eigenvalue weighted by Gasteiger charge is 2.50. The third-order valence-electron chi connectivity index (χ3n) is 7.59. The Balaban J connectivity index is 1.53. The van der Waals surface area contributed by atoms with Gasteiger partial charge in [-0.3, -0.25) is 14.4 Å². The average Bonchev–Trinajstić information content (AvgIpc) is 3.09. The zero-order valence-electron chi connectivity index (χ0n) is 27.1. The van der Waals surface area contributed by atoms with Gasteiger partial charge < -0.3 is 15.4 Å². The van der Waals surface area contributed by atoms with E-state index in [4.69, 9.17) is 4.74 Å². The summed E-state index contributed by atoms with van der Waals surface area (Å²) < 4.78 is 65.1. The maximum atomic E-state index is 15.5. The Kier molecular flexibility index (Phi) is 12.8. The zero-order valence-corrected chi connectivity index (χ0v) is 28.0. The standard InChI is InChI=1S/C37H39F2N3O6S/c1-26(2)33(42-49(46,47)25-30-16-10-5-11-17-30)35(44)41-32(34(43)37(38,39)36(45)40-23-28-12-6-3-7-13-28)22-27-18-20-31(21-19-27)48-24-29-14-8-4-9-15-29/h3-21,26,32-33,42H,22-25H2,1-2H3,(H,40,45)(H,41,44)/t32?,33-/m0/s1. The van der Waals surface area contributed by atoms with Crippen LogP contribution in [0.3, 0.4) is 0 Å². The Morgan fingerprint density at radius 2 is 1.27 bits per heavy atom. The highest BCUT2D eigenvalue weighted by molar-refractivity contribution is 7.88. The first-order chi connectivity index (χ1) is 23.3. The molecule has 258 valence electrons. The lowest BCUT2D eigenvalue weighted by atomic mass is 9.96. The van der Waals surface area contributed by atoms with Gasteiger partial charge in [-0.1, -0.05) is 117 Å². The summed E-state index contributed by atoms with van der Waals surface area (Å²) >= 11 is 0. The first-order valence-electron chi connectivity index (χ1n) is 15.7. The first-order valence-corrected chi connectivity index (χ1v) is 17.3. The van der Waals surface area contributed by atoms with Crippen LogP contribution in [0, 0.1) is 5.92 Å². The van der Waals surface area contributed by atoms with Crippen molar-refractivity contribution in [2.45, 2.75) is 57.2 Å². The summed E-state index contributed by atoms with van der Waals surface area (Å²) in [5, 5.41) is 4.41. The van der Waals surface area contributed by atoms with Crippen molar-refractivity contribution in [1.29, 1.82) is 0 Å². The van der Waals surface area contributed by atoms with Crippen LogP contribution in [0.15, 0.2) is 115 Å². The predicted molar refractivity (Wildman–Crippen MR) is 182 cm³/mol. The number of carbonyl (C=O) groups excluding carboxylic acids is 3. The van der Waals surface area contributed by atoms with Gasteiger partial charge in [0.1, 0.15) is 18.4 Å². The molecule has 0 aromatic heterocycles. The number of alkyl halides is 2. The van der Waals surface area contributed by atoms with Gasteiger partial charge in [-0.25, -0.2) is 13.1 Å². The number of halogens is 2. The Labute approximate surface area is 285 Å². The molecule has 0 saturated heterocycles. The summed E-state index contributed by atoms with van der Waals surface area (Å²) in [6.07, 6.45) is -0.410. The van der Waals surface area contributed by atoms with Gasteiger partial charge in [-0.2, -0.15) is 8.78 Å². The Hall–Kier alpha value is -4.94. The Bertz CT molecular complexity index is 1790. The van der Waals surface area contributed by atoms with E-state index in [-0.39, 0.29) is 6.54 Å². The van der Waals surface area contributed by atoms with Gasteiger partial charge >= 0.3 is 5.92 Å². The molecule has 3 N–H and O–H groups in total. The highest BCUT2D eigenvalue weighted by Crippen LogP contribution is 2.22. The topological polar surface area (TPSA) is 131 Å². The number of sulfonamides is 1. The van der Waals surface area contributed by atoms with Gasteiger partial charge in [0.15, 0.2) is 0 Å². The van der Waals surface area contributed by atoms with E-state index in [1.165, 1.54) is 0 Å². The van der Waals surface area contributed by atoms with Gasteiger partial charge in [0, 0.05) is 13.0 Å². The fourth-order valence-electron chi connectivity index (χ4n) is 4.91. The minimum Gasteiger partial charge on any atom is -0.489 e. The van der Waals surface area contributed by atoms with Crippen LogP contribution < -0.4 is 20.1 Å². The average molecular weight is 692 g/mol. The van der Waals surface area contributed by atoms with E-state index in [1.54, 1.807) is 98.8 Å². The largest absolute Gasteiger partial charge is 0.489 e. The third kappa shape index (κ3) is 11.0. The van der Waals surface area contributed by atoms with Crippen molar-refractivity contribution >= 4 is 27.6 Å². The van der Waals surface area contributed by atoms with Gasteiger partial charge in [0.25, 0.3) is 5.91 Å². The van der Waals surface area contributed by atoms with E-state index in [1.807, 2.05) is 30.3 Å². The molecule has 0 radical (unpaired) electrons. The highest BCUT2D eigenvalue weighted by atomic mass is 32.2. The lowest BCUT2D eigenvalue weighted by Gasteiger charge is -2.27. The van der Waals surface area contributed by atoms with Crippen LogP contribution >= 0.6 is 0 Å². The van der Waals surface area contributed by atoms with Crippen molar-refractivity contribution in [3.8, 4) is 5.75 Å². The van der Waals surface area contributed by atoms with E-state index < -0.39 is 63.7 Å². The van der Waals surface area contributed by atoms with Crippen LogP contribution in [0.2, 0.25) is 0 Å². The van der Waals surface area contributed by atoms with Gasteiger partial charge in [0.05, 0.1) is 11.8 Å². The number of hydrogen-bond acceptors (Lipinski definition) is 6. The zero-order chi connectivity index (χ0) is 35.4. The molecule has 0 bridgehead atoms. The van der Waals surface area contributed by atoms with Crippen LogP contribution in [-0.4, -0.2) is 44.0 Å². The quantitative estimate of drug-likeness (QED) is 0.134. The Morgan fingerprint density at radius 3 is 1.82 bits per heavy atom. The molecule has 0 aliphatic carbocycles.